The van der Waals surface area contributed by atoms with Crippen LogP contribution >= 0.6 is 15.9 Å². The number of benzene rings is 2. The van der Waals surface area contributed by atoms with E-state index in [-0.39, 0.29) is 5.78 Å². The maximum Gasteiger partial charge on any atom is 0.159 e. The third-order valence-electron chi connectivity index (χ3n) is 3.13. The molecule has 0 aromatic heterocycles. The average molecular weight is 362 g/mol. The molecule has 0 radical (unpaired) electrons. The van der Waals surface area contributed by atoms with Gasteiger partial charge in [-0.15, -0.1) is 0 Å². The lowest BCUT2D eigenvalue weighted by molar-refractivity contribution is 0.101. The van der Waals surface area contributed by atoms with E-state index in [1.807, 2.05) is 6.07 Å². The quantitative estimate of drug-likeness (QED) is 0.584. The van der Waals surface area contributed by atoms with Crippen molar-refractivity contribution in [3.63, 3.8) is 0 Å². The summed E-state index contributed by atoms with van der Waals surface area (Å²) in [5, 5.41) is 0. The van der Waals surface area contributed by atoms with Crippen molar-refractivity contribution < 1.29 is 14.3 Å². The standard InChI is InChI=1S/C17H16BrNO3/c1-11(20)12-4-6-14(7-5-12)19-10-13-8-15(18)17(22-3)9-16(13)21-2/h4-10H,1-3H3. The largest absolute Gasteiger partial charge is 0.496 e. The molecular weight excluding hydrogens is 346 g/mol. The summed E-state index contributed by atoms with van der Waals surface area (Å²) >= 11 is 3.44. The number of Topliss-reactive ketones (excluding diaryl/α,β-unsaturated/α-hetero) is 1. The molecule has 22 heavy (non-hydrogen) atoms. The third-order valence-corrected chi connectivity index (χ3v) is 3.75. The van der Waals surface area contributed by atoms with Crippen LogP contribution in [-0.4, -0.2) is 26.2 Å². The first-order valence-electron chi connectivity index (χ1n) is 6.61. The lowest BCUT2D eigenvalue weighted by Crippen LogP contribution is -1.94. The minimum absolute atomic E-state index is 0.0382. The molecule has 0 aliphatic rings. The van der Waals surface area contributed by atoms with E-state index in [4.69, 9.17) is 9.47 Å². The number of rotatable bonds is 5. The molecule has 0 bridgehead atoms. The zero-order valence-corrected chi connectivity index (χ0v) is 14.2. The highest BCUT2D eigenvalue weighted by molar-refractivity contribution is 9.10. The van der Waals surface area contributed by atoms with Gasteiger partial charge in [-0.05, 0) is 53.2 Å². The van der Waals surface area contributed by atoms with Crippen LogP contribution < -0.4 is 9.47 Å². The van der Waals surface area contributed by atoms with Crippen LogP contribution in [0.4, 0.5) is 5.69 Å². The highest BCUT2D eigenvalue weighted by Crippen LogP contribution is 2.32. The van der Waals surface area contributed by atoms with Gasteiger partial charge < -0.3 is 9.47 Å². The Morgan fingerprint density at radius 3 is 2.27 bits per heavy atom. The summed E-state index contributed by atoms with van der Waals surface area (Å²) < 4.78 is 11.4. The SMILES string of the molecule is COc1cc(OC)c(C=Nc2ccc(C(C)=O)cc2)cc1Br. The molecular formula is C17H16BrNO3. The van der Waals surface area contributed by atoms with Crippen LogP contribution in [0.5, 0.6) is 11.5 Å². The Balaban J connectivity index is 2.29. The maximum absolute atomic E-state index is 11.2. The highest BCUT2D eigenvalue weighted by atomic mass is 79.9. The van der Waals surface area contributed by atoms with Crippen molar-refractivity contribution in [2.24, 2.45) is 4.99 Å². The van der Waals surface area contributed by atoms with Gasteiger partial charge in [-0.3, -0.25) is 9.79 Å². The number of carbonyl (C=O) groups excluding carboxylic acids is 1. The highest BCUT2D eigenvalue weighted by Gasteiger charge is 2.08. The van der Waals surface area contributed by atoms with Gasteiger partial charge in [-0.1, -0.05) is 0 Å². The summed E-state index contributed by atoms with van der Waals surface area (Å²) in [6, 6.07) is 10.8. The monoisotopic (exact) mass is 361 g/mol. The Labute approximate surface area is 137 Å². The number of carbonyl (C=O) groups is 1. The molecule has 2 aromatic carbocycles. The Hall–Kier alpha value is -2.14. The molecule has 0 atom stereocenters. The normalized spacial score (nSPS) is 10.7. The van der Waals surface area contributed by atoms with Crippen LogP contribution in [0.3, 0.4) is 0 Å². The van der Waals surface area contributed by atoms with Crippen molar-refractivity contribution in [1.29, 1.82) is 0 Å². The number of aliphatic imine (C=N–C) groups is 1. The van der Waals surface area contributed by atoms with Crippen LogP contribution in [0, 0.1) is 0 Å². The summed E-state index contributed by atoms with van der Waals surface area (Å²) in [6.45, 7) is 1.54. The molecule has 0 spiro atoms. The minimum Gasteiger partial charge on any atom is -0.496 e. The molecule has 0 heterocycles. The third kappa shape index (κ3) is 3.74. The van der Waals surface area contributed by atoms with E-state index < -0.39 is 0 Å². The molecule has 0 saturated carbocycles. The minimum atomic E-state index is 0.0382. The fourth-order valence-corrected chi connectivity index (χ4v) is 2.43. The zero-order chi connectivity index (χ0) is 16.1. The predicted molar refractivity (Wildman–Crippen MR) is 90.9 cm³/mol. The van der Waals surface area contributed by atoms with E-state index in [0.717, 1.165) is 15.7 Å². The molecule has 0 saturated heterocycles. The molecule has 4 nitrogen and oxygen atoms in total. The van der Waals surface area contributed by atoms with Crippen molar-refractivity contribution in [1.82, 2.24) is 0 Å². The van der Waals surface area contributed by atoms with E-state index in [9.17, 15) is 4.79 Å². The average Bonchev–Trinajstić information content (AvgIpc) is 2.53. The maximum atomic E-state index is 11.2. The van der Waals surface area contributed by atoms with E-state index in [2.05, 4.69) is 20.9 Å². The second-order valence-electron chi connectivity index (χ2n) is 4.59. The number of ketones is 1. The van der Waals surface area contributed by atoms with Gasteiger partial charge in [0.15, 0.2) is 5.78 Å². The van der Waals surface area contributed by atoms with Crippen molar-refractivity contribution in [2.75, 3.05) is 14.2 Å². The van der Waals surface area contributed by atoms with Crippen LogP contribution in [0.25, 0.3) is 0 Å². The number of nitrogens with zero attached hydrogens (tertiary/aromatic N) is 1. The van der Waals surface area contributed by atoms with Crippen LogP contribution in [-0.2, 0) is 0 Å². The van der Waals surface area contributed by atoms with E-state index in [1.54, 1.807) is 50.8 Å². The van der Waals surface area contributed by atoms with E-state index in [1.165, 1.54) is 6.92 Å². The molecule has 2 rings (SSSR count). The summed E-state index contributed by atoms with van der Waals surface area (Å²) in [5.41, 5.74) is 2.26. The molecule has 5 heteroatoms. The molecule has 0 amide bonds. The van der Waals surface area contributed by atoms with Crippen LogP contribution in [0.1, 0.15) is 22.8 Å². The number of halogens is 1. The summed E-state index contributed by atoms with van der Waals surface area (Å²) in [6.07, 6.45) is 1.71. The summed E-state index contributed by atoms with van der Waals surface area (Å²) in [4.78, 5) is 15.6. The van der Waals surface area contributed by atoms with Crippen LogP contribution in [0.2, 0.25) is 0 Å². The lowest BCUT2D eigenvalue weighted by atomic mass is 10.1. The number of hydrogen-bond acceptors (Lipinski definition) is 4. The fourth-order valence-electron chi connectivity index (χ4n) is 1.91. The molecule has 2 aromatic rings. The van der Waals surface area contributed by atoms with E-state index in [0.29, 0.717) is 17.1 Å². The zero-order valence-electron chi connectivity index (χ0n) is 12.6. The van der Waals surface area contributed by atoms with Crippen molar-refractivity contribution in [3.05, 3.63) is 52.0 Å². The van der Waals surface area contributed by atoms with Crippen molar-refractivity contribution >= 4 is 33.6 Å². The first kappa shape index (κ1) is 16.2. The Morgan fingerprint density at radius 2 is 1.73 bits per heavy atom. The smallest absolute Gasteiger partial charge is 0.159 e. The van der Waals surface area contributed by atoms with Gasteiger partial charge >= 0.3 is 0 Å². The first-order chi connectivity index (χ1) is 10.5. The van der Waals surface area contributed by atoms with Gasteiger partial charge in [0, 0.05) is 23.4 Å². The van der Waals surface area contributed by atoms with E-state index >= 15 is 0 Å². The molecule has 0 aliphatic carbocycles. The number of hydrogen-bond donors (Lipinski definition) is 0. The van der Waals surface area contributed by atoms with Gasteiger partial charge in [0.25, 0.3) is 0 Å². The molecule has 114 valence electrons. The second kappa shape index (κ2) is 7.22. The Bertz CT molecular complexity index is 709. The topological polar surface area (TPSA) is 47.9 Å². The molecule has 0 N–H and O–H groups in total. The second-order valence-corrected chi connectivity index (χ2v) is 5.44. The summed E-state index contributed by atoms with van der Waals surface area (Å²) in [5.74, 6) is 1.40. The molecule has 0 aliphatic heterocycles. The first-order valence-corrected chi connectivity index (χ1v) is 7.41. The van der Waals surface area contributed by atoms with Gasteiger partial charge in [0.05, 0.1) is 24.4 Å². The van der Waals surface area contributed by atoms with Crippen LogP contribution in [0.15, 0.2) is 45.9 Å². The van der Waals surface area contributed by atoms with Crippen molar-refractivity contribution in [3.8, 4) is 11.5 Å². The molecule has 0 fully saturated rings. The lowest BCUT2D eigenvalue weighted by Gasteiger charge is -2.09. The fraction of sp³-hybridized carbons (Fsp3) is 0.176. The number of methoxy groups -OCH3 is 2. The Morgan fingerprint density at radius 1 is 1.09 bits per heavy atom. The Kier molecular flexibility index (Phi) is 5.33. The van der Waals surface area contributed by atoms with Gasteiger partial charge in [0.2, 0.25) is 0 Å². The van der Waals surface area contributed by atoms with Gasteiger partial charge in [-0.25, -0.2) is 0 Å². The molecule has 0 unspecified atom stereocenters. The predicted octanol–water partition coefficient (Wildman–Crippen LogP) is 4.42. The number of ether oxygens (including phenoxy) is 2. The summed E-state index contributed by atoms with van der Waals surface area (Å²) in [7, 11) is 3.20. The van der Waals surface area contributed by atoms with Gasteiger partial charge in [-0.2, -0.15) is 0 Å². The van der Waals surface area contributed by atoms with Gasteiger partial charge in [0.1, 0.15) is 11.5 Å². The van der Waals surface area contributed by atoms with Crippen molar-refractivity contribution in [2.45, 2.75) is 6.92 Å².